The van der Waals surface area contributed by atoms with Gasteiger partial charge in [-0.1, -0.05) is 37.5 Å². The fourth-order valence-corrected chi connectivity index (χ4v) is 4.10. The lowest BCUT2D eigenvalue weighted by atomic mass is 9.92. The van der Waals surface area contributed by atoms with Crippen LogP contribution in [0, 0.1) is 6.92 Å². The highest BCUT2D eigenvalue weighted by Gasteiger charge is 2.44. The fourth-order valence-electron chi connectivity index (χ4n) is 4.10. The molecule has 3 rings (SSSR count). The Bertz CT molecular complexity index is 832. The maximum atomic E-state index is 13.4. The van der Waals surface area contributed by atoms with Gasteiger partial charge in [0, 0.05) is 11.7 Å². The second kappa shape index (κ2) is 8.85. The van der Waals surface area contributed by atoms with Crippen molar-refractivity contribution in [1.82, 2.24) is 16.0 Å². The van der Waals surface area contributed by atoms with Gasteiger partial charge >= 0.3 is 6.03 Å². The van der Waals surface area contributed by atoms with Crippen molar-refractivity contribution in [2.24, 2.45) is 0 Å². The molecule has 1 aromatic rings. The molecule has 8 heteroatoms. The Labute approximate surface area is 176 Å². The van der Waals surface area contributed by atoms with Crippen LogP contribution in [0.15, 0.2) is 24.3 Å². The number of aryl methyl sites for hydroxylation is 1. The molecule has 30 heavy (non-hydrogen) atoms. The van der Waals surface area contributed by atoms with E-state index in [-0.39, 0.29) is 18.4 Å². The molecule has 1 aliphatic carbocycles. The second-order valence-corrected chi connectivity index (χ2v) is 8.37. The van der Waals surface area contributed by atoms with Gasteiger partial charge in [0.05, 0.1) is 6.42 Å². The molecule has 0 aromatic heterocycles. The van der Waals surface area contributed by atoms with Crippen molar-refractivity contribution >= 4 is 29.4 Å². The number of carbonyl (C=O) groups is 4. The van der Waals surface area contributed by atoms with Crippen LogP contribution >= 0.6 is 0 Å². The zero-order chi connectivity index (χ0) is 21.9. The number of urea groups is 1. The molecule has 1 aliphatic heterocycles. The highest BCUT2D eigenvalue weighted by molar-refractivity contribution is 6.09. The molecule has 2 atom stereocenters. The second-order valence-electron chi connectivity index (χ2n) is 8.37. The van der Waals surface area contributed by atoms with Gasteiger partial charge in [-0.15, -0.1) is 0 Å². The third kappa shape index (κ3) is 4.47. The number of rotatable bonds is 7. The number of hydrogen-bond acceptors (Lipinski definition) is 4. The van der Waals surface area contributed by atoms with E-state index in [1.165, 1.54) is 4.90 Å². The summed E-state index contributed by atoms with van der Waals surface area (Å²) in [5.41, 5.74) is 0.483. The zero-order valence-electron chi connectivity index (χ0n) is 17.8. The number of benzene rings is 1. The molecule has 3 N–H and O–H groups in total. The Kier molecular flexibility index (Phi) is 6.43. The zero-order valence-corrected chi connectivity index (χ0v) is 17.8. The first-order valence-electron chi connectivity index (χ1n) is 10.6. The summed E-state index contributed by atoms with van der Waals surface area (Å²) >= 11 is 0. The number of anilines is 1. The minimum Gasteiger partial charge on any atom is -0.351 e. The quantitative estimate of drug-likeness (QED) is 0.594. The van der Waals surface area contributed by atoms with Crippen LogP contribution in [0.3, 0.4) is 0 Å². The summed E-state index contributed by atoms with van der Waals surface area (Å²) < 4.78 is 0. The van der Waals surface area contributed by atoms with Crippen LogP contribution in [0.25, 0.3) is 0 Å². The Morgan fingerprint density at radius 3 is 2.33 bits per heavy atom. The summed E-state index contributed by atoms with van der Waals surface area (Å²) in [6.07, 6.45) is 4.23. The molecule has 1 aromatic carbocycles. The van der Waals surface area contributed by atoms with Gasteiger partial charge in [-0.2, -0.15) is 0 Å². The van der Waals surface area contributed by atoms with E-state index < -0.39 is 29.4 Å². The van der Waals surface area contributed by atoms with Crippen molar-refractivity contribution in [3.8, 4) is 0 Å². The van der Waals surface area contributed by atoms with Crippen LogP contribution < -0.4 is 20.9 Å². The average Bonchev–Trinajstić information content (AvgIpc) is 3.32. The molecule has 0 spiro atoms. The molecule has 1 saturated heterocycles. The SMILES string of the molecule is CC[C@](C)(C(=O)NC1CCCC1)N(C(=O)C[C@H]1NC(=O)NC1=O)c1ccc(C)cc1. The van der Waals surface area contributed by atoms with E-state index >= 15 is 0 Å². The molecular formula is C22H30N4O4. The molecule has 0 radical (unpaired) electrons. The summed E-state index contributed by atoms with van der Waals surface area (Å²) in [5.74, 6) is -1.14. The first-order valence-corrected chi connectivity index (χ1v) is 10.6. The number of nitrogens with zero attached hydrogens (tertiary/aromatic N) is 1. The van der Waals surface area contributed by atoms with Gasteiger partial charge in [-0.05, 0) is 45.2 Å². The minimum absolute atomic E-state index is 0.123. The Hall–Kier alpha value is -2.90. The molecule has 0 bridgehead atoms. The van der Waals surface area contributed by atoms with Crippen molar-refractivity contribution in [2.75, 3.05) is 4.90 Å². The standard InChI is InChI=1S/C22H30N4O4/c1-4-22(3,20(29)23-15-7-5-6-8-15)26(16-11-9-14(2)10-12-16)18(27)13-17-19(28)25-21(30)24-17/h9-12,15,17H,4-8,13H2,1-3H3,(H,23,29)(H2,24,25,28,30)/t17-,22-/m1/s1. The number of nitrogens with one attached hydrogen (secondary N) is 3. The number of hydrogen-bond donors (Lipinski definition) is 3. The summed E-state index contributed by atoms with van der Waals surface area (Å²) in [7, 11) is 0. The Balaban J connectivity index is 1.91. The maximum absolute atomic E-state index is 13.4. The van der Waals surface area contributed by atoms with Crippen LogP contribution in [0.1, 0.15) is 57.9 Å². The predicted molar refractivity (Wildman–Crippen MR) is 113 cm³/mol. The monoisotopic (exact) mass is 414 g/mol. The van der Waals surface area contributed by atoms with Crippen LogP contribution in [-0.4, -0.2) is 41.4 Å². The number of carbonyl (C=O) groups excluding carboxylic acids is 4. The largest absolute Gasteiger partial charge is 0.351 e. The van der Waals surface area contributed by atoms with Gasteiger partial charge in [0.1, 0.15) is 11.6 Å². The summed E-state index contributed by atoms with van der Waals surface area (Å²) in [5, 5.41) is 7.72. The third-order valence-corrected chi connectivity index (χ3v) is 6.14. The van der Waals surface area contributed by atoms with Crippen LogP contribution in [0.2, 0.25) is 0 Å². The molecular weight excluding hydrogens is 384 g/mol. The summed E-state index contributed by atoms with van der Waals surface area (Å²) in [6.45, 7) is 5.56. The van der Waals surface area contributed by atoms with Crippen molar-refractivity contribution < 1.29 is 19.2 Å². The Morgan fingerprint density at radius 2 is 1.80 bits per heavy atom. The highest BCUT2D eigenvalue weighted by atomic mass is 16.2. The highest BCUT2D eigenvalue weighted by Crippen LogP contribution is 2.30. The molecule has 2 fully saturated rings. The first kappa shape index (κ1) is 21.8. The topological polar surface area (TPSA) is 108 Å². The minimum atomic E-state index is -1.13. The van der Waals surface area contributed by atoms with Crippen LogP contribution in [0.5, 0.6) is 0 Å². The van der Waals surface area contributed by atoms with E-state index in [1.54, 1.807) is 19.1 Å². The van der Waals surface area contributed by atoms with Gasteiger partial charge in [0.15, 0.2) is 0 Å². The van der Waals surface area contributed by atoms with Crippen molar-refractivity contribution in [1.29, 1.82) is 0 Å². The Morgan fingerprint density at radius 1 is 1.17 bits per heavy atom. The predicted octanol–water partition coefficient (Wildman–Crippen LogP) is 2.15. The van der Waals surface area contributed by atoms with Crippen LogP contribution in [0.4, 0.5) is 10.5 Å². The van der Waals surface area contributed by atoms with Gasteiger partial charge in [-0.3, -0.25) is 24.6 Å². The van der Waals surface area contributed by atoms with Crippen molar-refractivity contribution in [3.05, 3.63) is 29.8 Å². The number of amides is 5. The lowest BCUT2D eigenvalue weighted by Crippen LogP contribution is -2.61. The van der Waals surface area contributed by atoms with Crippen molar-refractivity contribution in [2.45, 2.75) is 76.9 Å². The molecule has 1 heterocycles. The molecule has 1 saturated carbocycles. The summed E-state index contributed by atoms with van der Waals surface area (Å²) in [6, 6.07) is 5.93. The summed E-state index contributed by atoms with van der Waals surface area (Å²) in [4.78, 5) is 51.6. The van der Waals surface area contributed by atoms with E-state index in [9.17, 15) is 19.2 Å². The van der Waals surface area contributed by atoms with E-state index in [4.69, 9.17) is 0 Å². The lowest BCUT2D eigenvalue weighted by Gasteiger charge is -2.40. The van der Waals surface area contributed by atoms with E-state index in [0.29, 0.717) is 12.1 Å². The van der Waals surface area contributed by atoms with Gasteiger partial charge in [0.2, 0.25) is 11.8 Å². The van der Waals surface area contributed by atoms with Crippen LogP contribution in [-0.2, 0) is 14.4 Å². The molecule has 162 valence electrons. The van der Waals surface area contributed by atoms with Gasteiger partial charge in [0.25, 0.3) is 5.91 Å². The normalized spacial score (nSPS) is 21.0. The molecule has 8 nitrogen and oxygen atoms in total. The smallest absolute Gasteiger partial charge is 0.322 e. The van der Waals surface area contributed by atoms with E-state index in [2.05, 4.69) is 16.0 Å². The molecule has 5 amide bonds. The van der Waals surface area contributed by atoms with Gasteiger partial charge in [-0.25, -0.2) is 4.79 Å². The third-order valence-electron chi connectivity index (χ3n) is 6.14. The van der Waals surface area contributed by atoms with E-state index in [1.807, 2.05) is 26.0 Å². The molecule has 2 aliphatic rings. The maximum Gasteiger partial charge on any atom is 0.322 e. The number of imide groups is 1. The molecule has 0 unspecified atom stereocenters. The lowest BCUT2D eigenvalue weighted by molar-refractivity contribution is -0.131. The fraction of sp³-hybridized carbons (Fsp3) is 0.545. The van der Waals surface area contributed by atoms with E-state index in [0.717, 1.165) is 31.2 Å². The van der Waals surface area contributed by atoms with Gasteiger partial charge < -0.3 is 10.6 Å². The first-order chi connectivity index (χ1) is 14.2. The average molecular weight is 415 g/mol. The van der Waals surface area contributed by atoms with Crippen molar-refractivity contribution in [3.63, 3.8) is 0 Å².